The van der Waals surface area contributed by atoms with Crippen molar-refractivity contribution in [3.63, 3.8) is 0 Å². The van der Waals surface area contributed by atoms with E-state index in [1.54, 1.807) is 19.9 Å². The molecule has 1 aliphatic carbocycles. The van der Waals surface area contributed by atoms with Gasteiger partial charge < -0.3 is 10.1 Å². The van der Waals surface area contributed by atoms with Gasteiger partial charge >= 0.3 is 5.97 Å². The molecule has 1 unspecified atom stereocenters. The third-order valence-electron chi connectivity index (χ3n) is 5.55. The predicted octanol–water partition coefficient (Wildman–Crippen LogP) is 3.70. The number of carbonyl (C=O) groups excluding carboxylic acids is 1. The smallest absolute Gasteiger partial charge is 0.338 e. The molecule has 150 valence electrons. The molecule has 0 bridgehead atoms. The summed E-state index contributed by atoms with van der Waals surface area (Å²) in [4.78, 5) is 21.9. The Morgan fingerprint density at radius 2 is 2.00 bits per heavy atom. The van der Waals surface area contributed by atoms with Crippen LogP contribution in [-0.4, -0.2) is 23.9 Å². The third-order valence-corrected chi connectivity index (χ3v) is 5.55. The average Bonchev–Trinajstić information content (AvgIpc) is 2.67. The van der Waals surface area contributed by atoms with E-state index in [0.29, 0.717) is 41.2 Å². The topological polar surface area (TPSA) is 63.6 Å². The van der Waals surface area contributed by atoms with Crippen molar-refractivity contribution in [1.82, 2.24) is 10.3 Å². The summed E-state index contributed by atoms with van der Waals surface area (Å²) in [6, 6.07) is 5.96. The highest BCUT2D eigenvalue weighted by atomic mass is 19.1. The Kier molecular flexibility index (Phi) is 4.68. The van der Waals surface area contributed by atoms with Gasteiger partial charge in [0.2, 0.25) is 0 Å². The van der Waals surface area contributed by atoms with Crippen molar-refractivity contribution in [3.05, 3.63) is 75.8 Å². The number of methoxy groups -OCH3 is 1. The highest BCUT2D eigenvalue weighted by molar-refractivity contribution is 6.04. The molecule has 2 aliphatic rings. The minimum atomic E-state index is -1.01. The van der Waals surface area contributed by atoms with Gasteiger partial charge in [0.15, 0.2) is 5.84 Å². The number of esters is 1. The number of pyridine rings is 1. The van der Waals surface area contributed by atoms with Crippen LogP contribution in [0.1, 0.15) is 42.1 Å². The lowest BCUT2D eigenvalue weighted by atomic mass is 9.71. The Morgan fingerprint density at radius 1 is 1.21 bits per heavy atom. The Bertz CT molecular complexity index is 1080. The summed E-state index contributed by atoms with van der Waals surface area (Å²) in [6.07, 6.45) is 3.14. The van der Waals surface area contributed by atoms with Gasteiger partial charge in [-0.2, -0.15) is 0 Å². The zero-order valence-electron chi connectivity index (χ0n) is 16.5. The van der Waals surface area contributed by atoms with Gasteiger partial charge in [-0.05, 0) is 68.0 Å². The summed E-state index contributed by atoms with van der Waals surface area (Å²) in [6.45, 7) is 3.53. The minimum Gasteiger partial charge on any atom is -0.466 e. The van der Waals surface area contributed by atoms with E-state index in [0.717, 1.165) is 23.7 Å². The summed E-state index contributed by atoms with van der Waals surface area (Å²) in [5.41, 5.74) is 2.70. The lowest BCUT2D eigenvalue weighted by Gasteiger charge is -2.41. The molecule has 5 nitrogen and oxygen atoms in total. The molecular weight excluding hydrogens is 376 g/mol. The van der Waals surface area contributed by atoms with Crippen LogP contribution in [0.5, 0.6) is 0 Å². The number of hydrogen-bond donors (Lipinski definition) is 1. The van der Waals surface area contributed by atoms with Crippen LogP contribution >= 0.6 is 0 Å². The molecule has 0 saturated carbocycles. The molecule has 0 saturated heterocycles. The molecule has 1 N–H and O–H groups in total. The van der Waals surface area contributed by atoms with Gasteiger partial charge in [0.1, 0.15) is 22.9 Å². The standard InChI is InChI=1S/C22H21F2N3O2/c1-12-9-16(24)11-25-19(12)20-26-13(2)18(21(28)29-3)22(27-20)8-4-5-14-10-15(23)6-7-17(14)22/h6-7,9-11H,4-5,8H2,1-3H3,(H,26,27). The monoisotopic (exact) mass is 397 g/mol. The molecular formula is C22H21F2N3O2. The molecule has 2 heterocycles. The van der Waals surface area contributed by atoms with E-state index in [4.69, 9.17) is 9.73 Å². The van der Waals surface area contributed by atoms with Gasteiger partial charge in [0.05, 0.1) is 18.9 Å². The van der Waals surface area contributed by atoms with Gasteiger partial charge in [-0.1, -0.05) is 6.07 Å². The van der Waals surface area contributed by atoms with Gasteiger partial charge in [-0.15, -0.1) is 0 Å². The lowest BCUT2D eigenvalue weighted by molar-refractivity contribution is -0.137. The van der Waals surface area contributed by atoms with Crippen molar-refractivity contribution >= 4 is 11.8 Å². The Hall–Kier alpha value is -3.09. The highest BCUT2D eigenvalue weighted by Gasteiger charge is 2.47. The van der Waals surface area contributed by atoms with Crippen molar-refractivity contribution in [1.29, 1.82) is 0 Å². The second kappa shape index (κ2) is 7.06. The first-order valence-corrected chi connectivity index (χ1v) is 9.43. The average molecular weight is 397 g/mol. The Labute approximate surface area is 167 Å². The summed E-state index contributed by atoms with van der Waals surface area (Å²) < 4.78 is 32.5. The molecule has 0 radical (unpaired) electrons. The SMILES string of the molecule is COC(=O)C1=C(C)NC(c2ncc(F)cc2C)=NC12CCCc1cc(F)ccc12. The van der Waals surface area contributed by atoms with Crippen LogP contribution in [-0.2, 0) is 21.5 Å². The number of amidine groups is 1. The maximum absolute atomic E-state index is 13.9. The molecule has 0 fully saturated rings. The minimum absolute atomic E-state index is 0.324. The van der Waals surface area contributed by atoms with Crippen molar-refractivity contribution in [2.45, 2.75) is 38.6 Å². The van der Waals surface area contributed by atoms with Crippen LogP contribution in [0.25, 0.3) is 0 Å². The third kappa shape index (κ3) is 3.10. The molecule has 1 aromatic heterocycles. The van der Waals surface area contributed by atoms with Crippen molar-refractivity contribution in [2.75, 3.05) is 7.11 Å². The second-order valence-electron chi connectivity index (χ2n) is 7.41. The van der Waals surface area contributed by atoms with Crippen LogP contribution < -0.4 is 5.32 Å². The fourth-order valence-corrected chi connectivity index (χ4v) is 4.37. The molecule has 1 aliphatic heterocycles. The number of nitrogens with zero attached hydrogens (tertiary/aromatic N) is 2. The zero-order valence-corrected chi connectivity index (χ0v) is 16.5. The van der Waals surface area contributed by atoms with E-state index in [1.165, 1.54) is 25.3 Å². The zero-order chi connectivity index (χ0) is 20.8. The number of rotatable bonds is 2. The number of carbonyl (C=O) groups is 1. The van der Waals surface area contributed by atoms with Gasteiger partial charge in [0.25, 0.3) is 0 Å². The number of hydrogen-bond acceptors (Lipinski definition) is 5. The predicted molar refractivity (Wildman–Crippen MR) is 104 cm³/mol. The fourth-order valence-electron chi connectivity index (χ4n) is 4.37. The molecule has 4 rings (SSSR count). The summed E-state index contributed by atoms with van der Waals surface area (Å²) >= 11 is 0. The number of halogens is 2. The first-order valence-electron chi connectivity index (χ1n) is 9.43. The summed E-state index contributed by atoms with van der Waals surface area (Å²) in [7, 11) is 1.33. The van der Waals surface area contributed by atoms with Crippen molar-refractivity contribution in [3.8, 4) is 0 Å². The fraction of sp³-hybridized carbons (Fsp3) is 0.318. The number of fused-ring (bicyclic) bond motifs is 2. The quantitative estimate of drug-likeness (QED) is 0.785. The van der Waals surface area contributed by atoms with E-state index in [-0.39, 0.29) is 5.82 Å². The number of allylic oxidation sites excluding steroid dienone is 1. The molecule has 29 heavy (non-hydrogen) atoms. The van der Waals surface area contributed by atoms with E-state index in [2.05, 4.69) is 10.3 Å². The largest absolute Gasteiger partial charge is 0.466 e. The molecule has 7 heteroatoms. The molecule has 2 aromatic rings. The van der Waals surface area contributed by atoms with Crippen molar-refractivity contribution < 1.29 is 18.3 Å². The van der Waals surface area contributed by atoms with Crippen molar-refractivity contribution in [2.24, 2.45) is 4.99 Å². The van der Waals surface area contributed by atoms with E-state index in [1.807, 2.05) is 0 Å². The first kappa shape index (κ1) is 19.2. The second-order valence-corrected chi connectivity index (χ2v) is 7.41. The summed E-state index contributed by atoms with van der Waals surface area (Å²) in [5.74, 6) is -0.794. The number of ether oxygens (including phenoxy) is 1. The molecule has 1 aromatic carbocycles. The van der Waals surface area contributed by atoms with E-state index < -0.39 is 17.3 Å². The van der Waals surface area contributed by atoms with Crippen LogP contribution in [0.2, 0.25) is 0 Å². The molecule has 1 atom stereocenters. The van der Waals surface area contributed by atoms with Crippen LogP contribution in [0.4, 0.5) is 8.78 Å². The first-order chi connectivity index (χ1) is 13.9. The number of aromatic nitrogens is 1. The number of benzene rings is 1. The van der Waals surface area contributed by atoms with Gasteiger partial charge in [-0.3, -0.25) is 0 Å². The van der Waals surface area contributed by atoms with Gasteiger partial charge in [0, 0.05) is 5.70 Å². The van der Waals surface area contributed by atoms with Crippen LogP contribution in [0.3, 0.4) is 0 Å². The molecule has 1 spiro atoms. The Balaban J connectivity index is 1.98. The summed E-state index contributed by atoms with van der Waals surface area (Å²) in [5, 5.41) is 3.14. The highest BCUT2D eigenvalue weighted by Crippen LogP contribution is 2.47. The van der Waals surface area contributed by atoms with E-state index >= 15 is 0 Å². The van der Waals surface area contributed by atoms with E-state index in [9.17, 15) is 13.6 Å². The molecule has 0 amide bonds. The number of aryl methyl sites for hydroxylation is 2. The maximum atomic E-state index is 13.9. The Morgan fingerprint density at radius 3 is 2.72 bits per heavy atom. The van der Waals surface area contributed by atoms with Crippen LogP contribution in [0, 0.1) is 18.6 Å². The normalized spacial score (nSPS) is 20.8. The lowest BCUT2D eigenvalue weighted by Crippen LogP contribution is -2.44. The number of aliphatic imine (C=N–C) groups is 1. The number of nitrogens with one attached hydrogen (secondary N) is 1. The maximum Gasteiger partial charge on any atom is 0.338 e. The van der Waals surface area contributed by atoms with Gasteiger partial charge in [-0.25, -0.2) is 23.6 Å². The van der Waals surface area contributed by atoms with Crippen LogP contribution in [0.15, 0.2) is 46.7 Å².